The summed E-state index contributed by atoms with van der Waals surface area (Å²) in [7, 11) is 1.84. The number of rotatable bonds is 2. The maximum absolute atomic E-state index is 13.1. The fourth-order valence-corrected chi connectivity index (χ4v) is 3.31. The van der Waals surface area contributed by atoms with Gasteiger partial charge in [0.15, 0.2) is 0 Å². The highest BCUT2D eigenvalue weighted by atomic mass is 19.4. The SMILES string of the molecule is Cc1cccc(C)c1Cc1cc2c(C)cc(C(F)(F)F)cc2n1C. The van der Waals surface area contributed by atoms with Gasteiger partial charge in [0.1, 0.15) is 0 Å². The summed E-state index contributed by atoms with van der Waals surface area (Å²) >= 11 is 0. The van der Waals surface area contributed by atoms with Crippen molar-refractivity contribution in [1.29, 1.82) is 0 Å². The molecule has 1 nitrogen and oxygen atoms in total. The molecule has 0 radical (unpaired) electrons. The first-order chi connectivity index (χ1) is 11.2. The molecular formula is C20H20F3N. The van der Waals surface area contributed by atoms with E-state index in [4.69, 9.17) is 0 Å². The largest absolute Gasteiger partial charge is 0.416 e. The lowest BCUT2D eigenvalue weighted by Crippen LogP contribution is -2.06. The highest BCUT2D eigenvalue weighted by Crippen LogP contribution is 2.34. The zero-order valence-corrected chi connectivity index (χ0v) is 14.3. The van der Waals surface area contributed by atoms with Crippen molar-refractivity contribution < 1.29 is 13.2 Å². The van der Waals surface area contributed by atoms with Gasteiger partial charge in [0, 0.05) is 30.1 Å². The molecule has 0 fully saturated rings. The summed E-state index contributed by atoms with van der Waals surface area (Å²) in [6.07, 6.45) is -3.61. The molecule has 24 heavy (non-hydrogen) atoms. The predicted octanol–water partition coefficient (Wildman–Crippen LogP) is 5.71. The molecule has 0 N–H and O–H groups in total. The minimum Gasteiger partial charge on any atom is -0.347 e. The second-order valence-corrected chi connectivity index (χ2v) is 6.47. The molecule has 0 aliphatic heterocycles. The number of benzene rings is 2. The molecule has 0 aliphatic rings. The normalized spacial score (nSPS) is 12.1. The van der Waals surface area contributed by atoms with Gasteiger partial charge in [0.2, 0.25) is 0 Å². The molecule has 126 valence electrons. The summed E-state index contributed by atoms with van der Waals surface area (Å²) in [5.74, 6) is 0. The Morgan fingerprint density at radius 1 is 0.917 bits per heavy atom. The third kappa shape index (κ3) is 2.81. The van der Waals surface area contributed by atoms with E-state index in [1.807, 2.05) is 23.7 Å². The van der Waals surface area contributed by atoms with E-state index < -0.39 is 11.7 Å². The Hall–Kier alpha value is -2.23. The quantitative estimate of drug-likeness (QED) is 0.566. The van der Waals surface area contributed by atoms with E-state index in [-0.39, 0.29) is 0 Å². The average Bonchev–Trinajstić information content (AvgIpc) is 2.80. The van der Waals surface area contributed by atoms with Gasteiger partial charge in [-0.15, -0.1) is 0 Å². The first-order valence-corrected chi connectivity index (χ1v) is 7.89. The molecule has 0 aliphatic carbocycles. The van der Waals surface area contributed by atoms with E-state index in [0.29, 0.717) is 17.5 Å². The summed E-state index contributed by atoms with van der Waals surface area (Å²) < 4.78 is 41.1. The number of hydrogen-bond acceptors (Lipinski definition) is 0. The van der Waals surface area contributed by atoms with E-state index >= 15 is 0 Å². The van der Waals surface area contributed by atoms with Gasteiger partial charge in [-0.2, -0.15) is 13.2 Å². The maximum Gasteiger partial charge on any atom is 0.416 e. The molecule has 1 aromatic heterocycles. The molecule has 4 heteroatoms. The van der Waals surface area contributed by atoms with Crippen molar-refractivity contribution in [3.8, 4) is 0 Å². The lowest BCUT2D eigenvalue weighted by molar-refractivity contribution is -0.137. The highest BCUT2D eigenvalue weighted by molar-refractivity contribution is 5.85. The van der Waals surface area contributed by atoms with Crippen LogP contribution < -0.4 is 0 Å². The van der Waals surface area contributed by atoms with Crippen molar-refractivity contribution in [3.05, 3.63) is 69.9 Å². The molecule has 0 amide bonds. The van der Waals surface area contributed by atoms with Gasteiger partial charge >= 0.3 is 6.18 Å². The fourth-order valence-electron chi connectivity index (χ4n) is 3.31. The standard InChI is InChI=1S/C20H20F3N/c1-12-6-5-7-13(2)17(12)10-16-11-18-14(3)8-15(20(21,22)23)9-19(18)24(16)4/h5-9,11H,10H2,1-4H3. The van der Waals surface area contributed by atoms with E-state index in [1.165, 1.54) is 28.8 Å². The van der Waals surface area contributed by atoms with Gasteiger partial charge in [0.25, 0.3) is 0 Å². The summed E-state index contributed by atoms with van der Waals surface area (Å²) in [5.41, 5.74) is 5.35. The van der Waals surface area contributed by atoms with Gasteiger partial charge < -0.3 is 4.57 Å². The van der Waals surface area contributed by atoms with Crippen LogP contribution in [0.25, 0.3) is 10.9 Å². The van der Waals surface area contributed by atoms with Gasteiger partial charge in [-0.3, -0.25) is 0 Å². The molecule has 1 heterocycles. The average molecular weight is 331 g/mol. The third-order valence-electron chi connectivity index (χ3n) is 4.80. The van der Waals surface area contributed by atoms with E-state index in [9.17, 15) is 13.2 Å². The second kappa shape index (κ2) is 5.69. The van der Waals surface area contributed by atoms with E-state index in [1.54, 1.807) is 6.92 Å². The minimum absolute atomic E-state index is 0.590. The van der Waals surface area contributed by atoms with Gasteiger partial charge in [-0.25, -0.2) is 0 Å². The minimum atomic E-state index is -4.32. The Morgan fingerprint density at radius 2 is 1.54 bits per heavy atom. The molecule has 3 aromatic rings. The van der Waals surface area contributed by atoms with Crippen molar-refractivity contribution in [2.75, 3.05) is 0 Å². The predicted molar refractivity (Wildman–Crippen MR) is 91.4 cm³/mol. The van der Waals surface area contributed by atoms with Gasteiger partial charge in [0.05, 0.1) is 5.56 Å². The van der Waals surface area contributed by atoms with Crippen LogP contribution in [0.3, 0.4) is 0 Å². The van der Waals surface area contributed by atoms with Crippen LogP contribution >= 0.6 is 0 Å². The van der Waals surface area contributed by atoms with Gasteiger partial charge in [-0.05, 0) is 61.2 Å². The van der Waals surface area contributed by atoms with Crippen molar-refractivity contribution in [1.82, 2.24) is 4.57 Å². The molecule has 0 saturated carbocycles. The Kier molecular flexibility index (Phi) is 3.94. The Bertz CT molecular complexity index is 897. The van der Waals surface area contributed by atoms with Crippen molar-refractivity contribution in [2.45, 2.75) is 33.4 Å². The molecule has 0 spiro atoms. The summed E-state index contributed by atoms with van der Waals surface area (Å²) in [6, 6.07) is 10.6. The molecule has 0 saturated heterocycles. The number of fused-ring (bicyclic) bond motifs is 1. The van der Waals surface area contributed by atoms with Crippen LogP contribution in [0.4, 0.5) is 13.2 Å². The van der Waals surface area contributed by atoms with Crippen LogP contribution in [0.2, 0.25) is 0 Å². The number of halogens is 3. The Morgan fingerprint density at radius 3 is 2.12 bits per heavy atom. The van der Waals surface area contributed by atoms with Crippen LogP contribution in [0, 0.1) is 20.8 Å². The number of alkyl halides is 3. The van der Waals surface area contributed by atoms with Crippen LogP contribution in [-0.4, -0.2) is 4.57 Å². The Balaban J connectivity index is 2.14. The van der Waals surface area contributed by atoms with Crippen LogP contribution in [0.1, 0.15) is 33.5 Å². The lowest BCUT2D eigenvalue weighted by Gasteiger charge is -2.11. The number of nitrogens with zero attached hydrogens (tertiary/aromatic N) is 1. The van der Waals surface area contributed by atoms with E-state index in [0.717, 1.165) is 11.1 Å². The van der Waals surface area contributed by atoms with Crippen LogP contribution in [-0.2, 0) is 19.6 Å². The Labute approximate surface area is 139 Å². The second-order valence-electron chi connectivity index (χ2n) is 6.47. The zero-order valence-electron chi connectivity index (χ0n) is 14.3. The third-order valence-corrected chi connectivity index (χ3v) is 4.80. The monoisotopic (exact) mass is 331 g/mol. The molecular weight excluding hydrogens is 311 g/mol. The first kappa shape index (κ1) is 16.6. The molecule has 0 unspecified atom stereocenters. The van der Waals surface area contributed by atoms with Crippen LogP contribution in [0.5, 0.6) is 0 Å². The summed E-state index contributed by atoms with van der Waals surface area (Å²) in [5, 5.41) is 0.881. The highest BCUT2D eigenvalue weighted by Gasteiger charge is 2.31. The zero-order chi connectivity index (χ0) is 17.6. The van der Waals surface area contributed by atoms with Crippen molar-refractivity contribution in [3.63, 3.8) is 0 Å². The summed E-state index contributed by atoms with van der Waals surface area (Å²) in [6.45, 7) is 5.87. The van der Waals surface area contributed by atoms with E-state index in [2.05, 4.69) is 26.0 Å². The van der Waals surface area contributed by atoms with Crippen molar-refractivity contribution in [2.24, 2.45) is 7.05 Å². The topological polar surface area (TPSA) is 4.93 Å². The van der Waals surface area contributed by atoms with Crippen molar-refractivity contribution >= 4 is 10.9 Å². The summed E-state index contributed by atoms with van der Waals surface area (Å²) in [4.78, 5) is 0. The number of aromatic nitrogens is 1. The smallest absolute Gasteiger partial charge is 0.347 e. The molecule has 0 bridgehead atoms. The first-order valence-electron chi connectivity index (χ1n) is 7.89. The molecule has 0 atom stereocenters. The number of hydrogen-bond donors (Lipinski definition) is 0. The maximum atomic E-state index is 13.1. The lowest BCUT2D eigenvalue weighted by atomic mass is 9.98. The molecule has 3 rings (SSSR count). The molecule has 2 aromatic carbocycles. The van der Waals surface area contributed by atoms with Crippen LogP contribution in [0.15, 0.2) is 36.4 Å². The van der Waals surface area contributed by atoms with Gasteiger partial charge in [-0.1, -0.05) is 18.2 Å². The number of aryl methyl sites for hydroxylation is 4. The fraction of sp³-hybridized carbons (Fsp3) is 0.300.